The zero-order chi connectivity index (χ0) is 16.3. The summed E-state index contributed by atoms with van der Waals surface area (Å²) in [7, 11) is 0. The van der Waals surface area contributed by atoms with Gasteiger partial charge in [-0.2, -0.15) is 0 Å². The molecule has 1 aromatic carbocycles. The maximum absolute atomic E-state index is 12.5. The van der Waals surface area contributed by atoms with Crippen LogP contribution in [-0.2, 0) is 9.59 Å². The number of carboxylic acids is 1. The van der Waals surface area contributed by atoms with Crippen LogP contribution in [0.25, 0.3) is 6.08 Å². The number of thiocarbonyl (C=S) groups is 1. The van der Waals surface area contributed by atoms with Gasteiger partial charge in [0.25, 0.3) is 5.91 Å². The van der Waals surface area contributed by atoms with Gasteiger partial charge in [-0.05, 0) is 24.0 Å². The van der Waals surface area contributed by atoms with E-state index in [2.05, 4.69) is 0 Å². The molecule has 1 aromatic rings. The van der Waals surface area contributed by atoms with Gasteiger partial charge in [-0.1, -0.05) is 68.2 Å². The van der Waals surface area contributed by atoms with Crippen molar-refractivity contribution in [3.63, 3.8) is 0 Å². The molecule has 1 fully saturated rings. The molecule has 0 bridgehead atoms. The molecular formula is C16H17NO3S2. The molecule has 1 atom stereocenters. The quantitative estimate of drug-likeness (QED) is 0.660. The fourth-order valence-corrected chi connectivity index (χ4v) is 3.57. The molecule has 2 rings (SSSR count). The molecule has 1 heterocycles. The average Bonchev–Trinajstić information content (AvgIpc) is 2.72. The average molecular weight is 335 g/mol. The van der Waals surface area contributed by atoms with Crippen LogP contribution in [0.4, 0.5) is 0 Å². The highest BCUT2D eigenvalue weighted by atomic mass is 32.2. The highest BCUT2D eigenvalue weighted by Crippen LogP contribution is 2.35. The van der Waals surface area contributed by atoms with Gasteiger partial charge in [0.2, 0.25) is 0 Å². The van der Waals surface area contributed by atoms with Crippen LogP contribution >= 0.6 is 24.0 Å². The molecule has 0 aliphatic carbocycles. The molecule has 22 heavy (non-hydrogen) atoms. The minimum Gasteiger partial charge on any atom is -0.480 e. The molecule has 1 amide bonds. The number of rotatable bonds is 5. The number of benzene rings is 1. The summed E-state index contributed by atoms with van der Waals surface area (Å²) in [5.74, 6) is -1.19. The van der Waals surface area contributed by atoms with Crippen LogP contribution in [0.3, 0.4) is 0 Å². The van der Waals surface area contributed by atoms with Crippen LogP contribution in [-0.4, -0.2) is 32.2 Å². The Morgan fingerprint density at radius 1 is 1.36 bits per heavy atom. The third-order valence-electron chi connectivity index (χ3n) is 3.21. The summed E-state index contributed by atoms with van der Waals surface area (Å²) in [4.78, 5) is 25.7. The summed E-state index contributed by atoms with van der Waals surface area (Å²) >= 11 is 6.38. The number of hydrogen-bond donors (Lipinski definition) is 1. The third-order valence-corrected chi connectivity index (χ3v) is 4.54. The molecule has 6 heteroatoms. The van der Waals surface area contributed by atoms with E-state index in [1.165, 1.54) is 4.90 Å². The molecule has 1 saturated heterocycles. The first-order valence-electron chi connectivity index (χ1n) is 6.95. The number of amides is 1. The van der Waals surface area contributed by atoms with Crippen LogP contribution in [0.5, 0.6) is 0 Å². The monoisotopic (exact) mass is 335 g/mol. The van der Waals surface area contributed by atoms with Crippen LogP contribution in [0.2, 0.25) is 0 Å². The van der Waals surface area contributed by atoms with Crippen molar-refractivity contribution in [2.45, 2.75) is 26.3 Å². The number of thioether (sulfide) groups is 1. The number of aliphatic carboxylic acids is 1. The summed E-state index contributed by atoms with van der Waals surface area (Å²) in [6, 6.07) is 8.52. The lowest BCUT2D eigenvalue weighted by atomic mass is 10.0. The molecule has 116 valence electrons. The second kappa shape index (κ2) is 7.07. The highest BCUT2D eigenvalue weighted by molar-refractivity contribution is 8.26. The third kappa shape index (κ3) is 3.75. The van der Waals surface area contributed by atoms with E-state index >= 15 is 0 Å². The standard InChI is InChI=1S/C16H17NO3S2/c1-10(2)8-12(15(19)20)17-14(18)13(22-16(17)21)9-11-6-4-3-5-7-11/h3-7,9-10,12H,8H2,1-2H3,(H,19,20)/b13-9-. The number of carbonyl (C=O) groups excluding carboxylic acids is 1. The van der Waals surface area contributed by atoms with E-state index in [1.807, 2.05) is 44.2 Å². The molecule has 1 N–H and O–H groups in total. The first-order chi connectivity index (χ1) is 10.4. The van der Waals surface area contributed by atoms with Crippen LogP contribution < -0.4 is 0 Å². The largest absolute Gasteiger partial charge is 0.480 e. The first kappa shape index (κ1) is 16.7. The van der Waals surface area contributed by atoms with Crippen molar-refractivity contribution in [1.82, 2.24) is 4.90 Å². The maximum atomic E-state index is 12.5. The predicted octanol–water partition coefficient (Wildman–Crippen LogP) is 3.39. The second-order valence-electron chi connectivity index (χ2n) is 5.45. The van der Waals surface area contributed by atoms with Crippen LogP contribution in [0, 0.1) is 5.92 Å². The van der Waals surface area contributed by atoms with Gasteiger partial charge in [0.15, 0.2) is 0 Å². The maximum Gasteiger partial charge on any atom is 0.326 e. The first-order valence-corrected chi connectivity index (χ1v) is 8.17. The molecule has 0 spiro atoms. The van der Waals surface area contributed by atoms with Crippen molar-refractivity contribution in [2.24, 2.45) is 5.92 Å². The predicted molar refractivity (Wildman–Crippen MR) is 92.3 cm³/mol. The summed E-state index contributed by atoms with van der Waals surface area (Å²) in [6.45, 7) is 3.85. The van der Waals surface area contributed by atoms with Crippen molar-refractivity contribution < 1.29 is 14.7 Å². The molecular weight excluding hydrogens is 318 g/mol. The van der Waals surface area contributed by atoms with Crippen LogP contribution in [0.15, 0.2) is 35.2 Å². The molecule has 1 aliphatic rings. The lowest BCUT2D eigenvalue weighted by Gasteiger charge is -2.24. The van der Waals surface area contributed by atoms with Crippen molar-refractivity contribution in [2.75, 3.05) is 0 Å². The van der Waals surface area contributed by atoms with Crippen molar-refractivity contribution in [3.05, 3.63) is 40.8 Å². The van der Waals surface area contributed by atoms with E-state index in [0.717, 1.165) is 17.3 Å². The van der Waals surface area contributed by atoms with E-state index in [9.17, 15) is 14.7 Å². The van der Waals surface area contributed by atoms with Gasteiger partial charge in [-0.15, -0.1) is 0 Å². The lowest BCUT2D eigenvalue weighted by molar-refractivity contribution is -0.145. The van der Waals surface area contributed by atoms with Crippen LogP contribution in [0.1, 0.15) is 25.8 Å². The Morgan fingerprint density at radius 2 is 2.00 bits per heavy atom. The van der Waals surface area contributed by atoms with Gasteiger partial charge in [0, 0.05) is 0 Å². The molecule has 1 unspecified atom stereocenters. The summed E-state index contributed by atoms with van der Waals surface area (Å²) < 4.78 is 0.306. The Kier molecular flexibility index (Phi) is 5.37. The zero-order valence-corrected chi connectivity index (χ0v) is 14.0. The molecule has 0 saturated carbocycles. The summed E-state index contributed by atoms with van der Waals surface area (Å²) in [6.07, 6.45) is 2.12. The van der Waals surface area contributed by atoms with E-state index < -0.39 is 12.0 Å². The van der Waals surface area contributed by atoms with Gasteiger partial charge < -0.3 is 5.11 Å². The van der Waals surface area contributed by atoms with Gasteiger partial charge in [-0.25, -0.2) is 4.79 Å². The van der Waals surface area contributed by atoms with Crippen molar-refractivity contribution >= 4 is 46.3 Å². The number of nitrogens with zero attached hydrogens (tertiary/aromatic N) is 1. The zero-order valence-electron chi connectivity index (χ0n) is 12.4. The highest BCUT2D eigenvalue weighted by Gasteiger charge is 2.40. The second-order valence-corrected chi connectivity index (χ2v) is 7.12. The summed E-state index contributed by atoms with van der Waals surface area (Å²) in [5, 5.41) is 9.41. The number of hydrogen-bond acceptors (Lipinski definition) is 4. The summed E-state index contributed by atoms with van der Waals surface area (Å²) in [5.41, 5.74) is 0.888. The van der Waals surface area contributed by atoms with Gasteiger partial charge >= 0.3 is 5.97 Å². The van der Waals surface area contributed by atoms with E-state index in [1.54, 1.807) is 6.08 Å². The van der Waals surface area contributed by atoms with E-state index in [4.69, 9.17) is 12.2 Å². The van der Waals surface area contributed by atoms with Gasteiger partial charge in [0.1, 0.15) is 10.4 Å². The number of carbonyl (C=O) groups is 2. The van der Waals surface area contributed by atoms with E-state index in [0.29, 0.717) is 15.6 Å². The molecule has 0 radical (unpaired) electrons. The Bertz CT molecular complexity index is 626. The SMILES string of the molecule is CC(C)CC(C(=O)O)N1C(=O)/C(=C/c2ccccc2)SC1=S. The van der Waals surface area contributed by atoms with E-state index in [-0.39, 0.29) is 11.8 Å². The lowest BCUT2D eigenvalue weighted by Crippen LogP contribution is -2.44. The van der Waals surface area contributed by atoms with Crippen molar-refractivity contribution in [1.29, 1.82) is 0 Å². The fraction of sp³-hybridized carbons (Fsp3) is 0.312. The fourth-order valence-electron chi connectivity index (χ4n) is 2.21. The molecule has 4 nitrogen and oxygen atoms in total. The molecule has 0 aromatic heterocycles. The minimum atomic E-state index is -1.02. The number of carboxylic acid groups (broad SMARTS) is 1. The van der Waals surface area contributed by atoms with Gasteiger partial charge in [0.05, 0.1) is 4.91 Å². The molecule has 1 aliphatic heterocycles. The Labute approximate surface area is 139 Å². The Morgan fingerprint density at radius 3 is 2.55 bits per heavy atom. The smallest absolute Gasteiger partial charge is 0.326 e. The normalized spacial score (nSPS) is 18.3. The van der Waals surface area contributed by atoms with Crippen molar-refractivity contribution in [3.8, 4) is 0 Å². The van der Waals surface area contributed by atoms with Gasteiger partial charge in [-0.3, -0.25) is 9.69 Å². The minimum absolute atomic E-state index is 0.156. The topological polar surface area (TPSA) is 57.6 Å². The Balaban J connectivity index is 2.28. The Hall–Kier alpha value is -1.66.